The lowest BCUT2D eigenvalue weighted by molar-refractivity contribution is 0.163. The van der Waals surface area contributed by atoms with E-state index in [1.807, 2.05) is 17.8 Å². The average Bonchev–Trinajstić information content (AvgIpc) is 3.05. The molecule has 1 aliphatic heterocycles. The third-order valence-electron chi connectivity index (χ3n) is 5.44. The number of aryl methyl sites for hydroxylation is 1. The van der Waals surface area contributed by atoms with Gasteiger partial charge in [-0.15, -0.1) is 0 Å². The van der Waals surface area contributed by atoms with Crippen molar-refractivity contribution in [3.63, 3.8) is 0 Å². The molecule has 0 aliphatic carbocycles. The summed E-state index contributed by atoms with van der Waals surface area (Å²) >= 11 is 5.56. The van der Waals surface area contributed by atoms with Crippen molar-refractivity contribution in [2.24, 2.45) is 7.05 Å². The van der Waals surface area contributed by atoms with Gasteiger partial charge in [-0.1, -0.05) is 30.3 Å². The van der Waals surface area contributed by atoms with Crippen molar-refractivity contribution in [1.82, 2.24) is 14.0 Å². The van der Waals surface area contributed by atoms with Gasteiger partial charge in [0.15, 0.2) is 16.3 Å². The molecule has 0 unspecified atom stereocenters. The highest BCUT2D eigenvalue weighted by molar-refractivity contribution is 7.71. The normalized spacial score (nSPS) is 16.6. The van der Waals surface area contributed by atoms with Crippen LogP contribution in [0, 0.1) is 4.77 Å². The molecule has 4 rings (SSSR count). The first-order chi connectivity index (χ1) is 13.6. The van der Waals surface area contributed by atoms with E-state index in [-0.39, 0.29) is 6.04 Å². The largest absolute Gasteiger partial charge is 0.493 e. The number of nitrogens with zero attached hydrogens (tertiary/aromatic N) is 3. The van der Waals surface area contributed by atoms with Crippen LogP contribution in [0.15, 0.2) is 54.9 Å². The second kappa shape index (κ2) is 7.81. The molecule has 1 aliphatic rings. The Hall–Kier alpha value is -2.57. The third-order valence-corrected chi connectivity index (χ3v) is 5.96. The van der Waals surface area contributed by atoms with Crippen LogP contribution in [0.4, 0.5) is 0 Å². The number of rotatable bonds is 5. The third kappa shape index (κ3) is 3.34. The van der Waals surface area contributed by atoms with E-state index in [0.29, 0.717) is 0 Å². The summed E-state index contributed by atoms with van der Waals surface area (Å²) in [6.07, 6.45) is 5.01. The van der Waals surface area contributed by atoms with E-state index in [1.165, 1.54) is 16.7 Å². The van der Waals surface area contributed by atoms with Crippen LogP contribution < -0.4 is 9.47 Å². The number of imidazole rings is 1. The summed E-state index contributed by atoms with van der Waals surface area (Å²) in [4.78, 5) is 2.47. The van der Waals surface area contributed by atoms with Crippen molar-refractivity contribution >= 4 is 12.2 Å². The van der Waals surface area contributed by atoms with Crippen molar-refractivity contribution < 1.29 is 9.47 Å². The van der Waals surface area contributed by atoms with E-state index < -0.39 is 0 Å². The van der Waals surface area contributed by atoms with Gasteiger partial charge in [-0.3, -0.25) is 4.90 Å². The molecule has 1 aromatic heterocycles. The number of hydrogen-bond donors (Lipinski definition) is 0. The van der Waals surface area contributed by atoms with E-state index in [0.717, 1.165) is 35.9 Å². The van der Waals surface area contributed by atoms with E-state index in [2.05, 4.69) is 58.1 Å². The number of methoxy groups -OCH3 is 2. The van der Waals surface area contributed by atoms with Crippen LogP contribution in [0.5, 0.6) is 11.5 Å². The van der Waals surface area contributed by atoms with Crippen molar-refractivity contribution in [3.8, 4) is 11.5 Å². The number of fused-ring (bicyclic) bond motifs is 1. The summed E-state index contributed by atoms with van der Waals surface area (Å²) in [6.45, 7) is 1.69. The van der Waals surface area contributed by atoms with Gasteiger partial charge in [-0.05, 0) is 47.5 Å². The molecule has 1 atom stereocenters. The molecule has 0 amide bonds. The Morgan fingerprint density at radius 2 is 1.75 bits per heavy atom. The highest BCUT2D eigenvalue weighted by Crippen LogP contribution is 2.41. The minimum atomic E-state index is 0.131. The van der Waals surface area contributed by atoms with Gasteiger partial charge < -0.3 is 18.6 Å². The Bertz CT molecular complexity index is 1030. The summed E-state index contributed by atoms with van der Waals surface area (Å²) in [5.41, 5.74) is 3.83. The maximum absolute atomic E-state index is 5.59. The lowest BCUT2D eigenvalue weighted by atomic mass is 9.88. The van der Waals surface area contributed by atoms with Crippen molar-refractivity contribution in [3.05, 3.63) is 76.3 Å². The fourth-order valence-corrected chi connectivity index (χ4v) is 4.17. The summed E-state index contributed by atoms with van der Waals surface area (Å²) < 4.78 is 16.0. The smallest absolute Gasteiger partial charge is 0.180 e. The lowest BCUT2D eigenvalue weighted by Gasteiger charge is -2.38. The van der Waals surface area contributed by atoms with Gasteiger partial charge in [0.25, 0.3) is 0 Å². The second-order valence-electron chi connectivity index (χ2n) is 7.08. The van der Waals surface area contributed by atoms with Crippen molar-refractivity contribution in [2.75, 3.05) is 20.8 Å². The number of ether oxygens (including phenoxy) is 2. The standard InChI is InChI=1S/C22H25N3O2S/c1-23-11-12-25(22(23)28)15-24-10-9-17-13-19(26-2)20(27-3)14-18(17)21(24)16-7-5-4-6-8-16/h4-8,11-14,21H,9-10,15H2,1-3H3/t21-/m0/s1. The Balaban J connectivity index is 1.80. The highest BCUT2D eigenvalue weighted by Gasteiger charge is 2.30. The highest BCUT2D eigenvalue weighted by atomic mass is 32.1. The van der Waals surface area contributed by atoms with Gasteiger partial charge in [0.1, 0.15) is 0 Å². The fourth-order valence-electron chi connectivity index (χ4n) is 3.99. The van der Waals surface area contributed by atoms with Crippen LogP contribution >= 0.6 is 12.2 Å². The first-order valence-corrected chi connectivity index (χ1v) is 9.78. The van der Waals surface area contributed by atoms with E-state index in [4.69, 9.17) is 21.7 Å². The molecule has 2 heterocycles. The molecule has 3 aromatic rings. The Morgan fingerprint density at radius 1 is 1.04 bits per heavy atom. The summed E-state index contributed by atoms with van der Waals surface area (Å²) in [5, 5.41) is 0. The predicted molar refractivity (Wildman–Crippen MR) is 112 cm³/mol. The zero-order valence-electron chi connectivity index (χ0n) is 16.5. The molecule has 0 spiro atoms. The Morgan fingerprint density at radius 3 is 2.39 bits per heavy atom. The Kier molecular flexibility index (Phi) is 5.24. The predicted octanol–water partition coefficient (Wildman–Crippen LogP) is 4.18. The van der Waals surface area contributed by atoms with Gasteiger partial charge in [0, 0.05) is 26.0 Å². The molecular formula is C22H25N3O2S. The number of benzene rings is 2. The first kappa shape index (κ1) is 18.8. The van der Waals surface area contributed by atoms with E-state index in [9.17, 15) is 0 Å². The quantitative estimate of drug-likeness (QED) is 0.607. The summed E-state index contributed by atoms with van der Waals surface area (Å²) in [7, 11) is 5.35. The maximum atomic E-state index is 5.59. The molecule has 28 heavy (non-hydrogen) atoms. The monoisotopic (exact) mass is 395 g/mol. The van der Waals surface area contributed by atoms with Crippen LogP contribution in [0.3, 0.4) is 0 Å². The molecule has 0 bridgehead atoms. The van der Waals surface area contributed by atoms with Gasteiger partial charge in [0.2, 0.25) is 0 Å². The molecule has 146 valence electrons. The molecule has 0 saturated carbocycles. The maximum Gasteiger partial charge on any atom is 0.180 e. The van der Waals surface area contributed by atoms with Crippen LogP contribution in [0.2, 0.25) is 0 Å². The Labute approximate surface area is 170 Å². The molecule has 5 nitrogen and oxygen atoms in total. The topological polar surface area (TPSA) is 31.6 Å². The van der Waals surface area contributed by atoms with Gasteiger partial charge in [-0.25, -0.2) is 0 Å². The van der Waals surface area contributed by atoms with Gasteiger partial charge in [0.05, 0.1) is 26.9 Å². The first-order valence-electron chi connectivity index (χ1n) is 9.38. The molecular weight excluding hydrogens is 370 g/mol. The van der Waals surface area contributed by atoms with E-state index >= 15 is 0 Å². The van der Waals surface area contributed by atoms with Crippen molar-refractivity contribution in [2.45, 2.75) is 19.1 Å². The molecule has 2 aromatic carbocycles. The van der Waals surface area contributed by atoms with E-state index in [1.54, 1.807) is 14.2 Å². The minimum Gasteiger partial charge on any atom is -0.493 e. The van der Waals surface area contributed by atoms with Crippen LogP contribution in [-0.4, -0.2) is 34.8 Å². The molecule has 0 fully saturated rings. The zero-order chi connectivity index (χ0) is 19.7. The SMILES string of the molecule is COc1cc2c(cc1OC)[C@H](c1ccccc1)N(Cn1ccn(C)c1=S)CC2. The van der Waals surface area contributed by atoms with Crippen LogP contribution in [0.25, 0.3) is 0 Å². The molecule has 0 N–H and O–H groups in total. The van der Waals surface area contributed by atoms with Gasteiger partial charge >= 0.3 is 0 Å². The van der Waals surface area contributed by atoms with Gasteiger partial charge in [-0.2, -0.15) is 0 Å². The minimum absolute atomic E-state index is 0.131. The lowest BCUT2D eigenvalue weighted by Crippen LogP contribution is -2.37. The molecule has 6 heteroatoms. The fraction of sp³-hybridized carbons (Fsp3) is 0.318. The summed E-state index contributed by atoms with van der Waals surface area (Å²) in [5.74, 6) is 1.55. The summed E-state index contributed by atoms with van der Waals surface area (Å²) in [6, 6.07) is 15.0. The van der Waals surface area contributed by atoms with Crippen LogP contribution in [-0.2, 0) is 20.1 Å². The number of aromatic nitrogens is 2. The number of hydrogen-bond acceptors (Lipinski definition) is 4. The molecule has 0 saturated heterocycles. The second-order valence-corrected chi connectivity index (χ2v) is 7.45. The van der Waals surface area contributed by atoms with Crippen LogP contribution in [0.1, 0.15) is 22.7 Å². The zero-order valence-corrected chi connectivity index (χ0v) is 17.3. The molecule has 0 radical (unpaired) electrons. The van der Waals surface area contributed by atoms with Crippen molar-refractivity contribution in [1.29, 1.82) is 0 Å². The average molecular weight is 396 g/mol.